The van der Waals surface area contributed by atoms with Crippen LogP contribution in [0.5, 0.6) is 5.75 Å². The normalized spacial score (nSPS) is 10.4. The summed E-state index contributed by atoms with van der Waals surface area (Å²) in [4.78, 5) is 11.4. The molecule has 0 aliphatic heterocycles. The molecule has 0 aromatic heterocycles. The van der Waals surface area contributed by atoms with Crippen LogP contribution in [-0.2, 0) is 0 Å². The molecule has 1 rings (SSSR count). The molecule has 0 aliphatic carbocycles. The minimum Gasteiger partial charge on any atom is -0.493 e. The van der Waals surface area contributed by atoms with Crippen LogP contribution in [0, 0.1) is 0 Å². The largest absolute Gasteiger partial charge is 0.493 e. The summed E-state index contributed by atoms with van der Waals surface area (Å²) in [5, 5.41) is 0.598. The topological polar surface area (TPSA) is 26.3 Å². The summed E-state index contributed by atoms with van der Waals surface area (Å²) < 4.78 is 4.98. The van der Waals surface area contributed by atoms with Gasteiger partial charge < -0.3 is 4.74 Å². The van der Waals surface area contributed by atoms with E-state index < -0.39 is 0 Å². The number of ether oxygens (including phenoxy) is 1. The van der Waals surface area contributed by atoms with Crippen LogP contribution in [0.4, 0.5) is 0 Å². The molecule has 0 unspecified atom stereocenters. The molecule has 0 bridgehead atoms. The van der Waals surface area contributed by atoms with Gasteiger partial charge in [-0.15, -0.1) is 0 Å². The molecule has 0 saturated carbocycles. The molecule has 14 heavy (non-hydrogen) atoms. The Bertz CT molecular complexity index is 386. The van der Waals surface area contributed by atoms with Gasteiger partial charge in [-0.1, -0.05) is 25.4 Å². The summed E-state index contributed by atoms with van der Waals surface area (Å²) in [5.41, 5.74) is 0.770. The fourth-order valence-electron chi connectivity index (χ4n) is 1.21. The van der Waals surface area contributed by atoms with Gasteiger partial charge in [-0.25, -0.2) is 0 Å². The standard InChI is InChI=1S/C11H13ClO2/c1-7(2)8-6-11(14-3)10(13)5-4-9(8)12/h4-7H,1-3H3. The molecule has 0 saturated heterocycles. The van der Waals surface area contributed by atoms with Gasteiger partial charge in [0.15, 0.2) is 5.75 Å². The van der Waals surface area contributed by atoms with Gasteiger partial charge in [0.05, 0.1) is 7.11 Å². The van der Waals surface area contributed by atoms with Crippen LogP contribution in [0.2, 0.25) is 5.02 Å². The fraction of sp³-hybridized carbons (Fsp3) is 0.364. The Morgan fingerprint density at radius 2 is 2.00 bits per heavy atom. The van der Waals surface area contributed by atoms with Crippen molar-refractivity contribution in [1.29, 1.82) is 0 Å². The Balaban J connectivity index is 3.46. The zero-order valence-electron chi connectivity index (χ0n) is 8.50. The first-order valence-corrected chi connectivity index (χ1v) is 4.81. The first-order chi connectivity index (χ1) is 6.56. The maximum Gasteiger partial charge on any atom is 0.220 e. The van der Waals surface area contributed by atoms with Gasteiger partial charge in [-0.3, -0.25) is 4.79 Å². The minimum absolute atomic E-state index is 0.152. The SMILES string of the molecule is COc1cc(C(C)C)c(Cl)ccc1=O. The van der Waals surface area contributed by atoms with Crippen LogP contribution in [0.1, 0.15) is 25.3 Å². The molecule has 0 atom stereocenters. The van der Waals surface area contributed by atoms with E-state index in [9.17, 15) is 4.79 Å². The Kier molecular flexibility index (Phi) is 3.53. The number of hydrogen-bond donors (Lipinski definition) is 0. The second kappa shape index (κ2) is 4.47. The van der Waals surface area contributed by atoms with E-state index >= 15 is 0 Å². The lowest BCUT2D eigenvalue weighted by molar-refractivity contribution is 0.411. The van der Waals surface area contributed by atoms with E-state index in [0.717, 1.165) is 5.56 Å². The highest BCUT2D eigenvalue weighted by Gasteiger charge is 2.06. The number of rotatable bonds is 2. The van der Waals surface area contributed by atoms with Gasteiger partial charge in [0.1, 0.15) is 0 Å². The zero-order chi connectivity index (χ0) is 10.7. The Morgan fingerprint density at radius 3 is 2.50 bits per heavy atom. The van der Waals surface area contributed by atoms with E-state index in [4.69, 9.17) is 16.3 Å². The van der Waals surface area contributed by atoms with E-state index in [-0.39, 0.29) is 11.3 Å². The number of methoxy groups -OCH3 is 1. The predicted molar refractivity (Wildman–Crippen MR) is 58.4 cm³/mol. The van der Waals surface area contributed by atoms with Crippen LogP contribution in [-0.4, -0.2) is 7.11 Å². The average Bonchev–Trinajstić information content (AvgIpc) is 2.27. The van der Waals surface area contributed by atoms with Crippen molar-refractivity contribution in [3.63, 3.8) is 0 Å². The lowest BCUT2D eigenvalue weighted by Crippen LogP contribution is -1.99. The van der Waals surface area contributed by atoms with Gasteiger partial charge in [-0.05, 0) is 29.7 Å². The molecule has 76 valence electrons. The second-order valence-electron chi connectivity index (χ2n) is 3.37. The minimum atomic E-state index is -0.152. The highest BCUT2D eigenvalue weighted by atomic mass is 35.5. The molecule has 0 aliphatic rings. The Labute approximate surface area is 88.5 Å². The molecule has 0 amide bonds. The van der Waals surface area contributed by atoms with Gasteiger partial charge in [0.2, 0.25) is 5.43 Å². The average molecular weight is 213 g/mol. The number of halogens is 1. The molecule has 0 radical (unpaired) electrons. The number of hydrogen-bond acceptors (Lipinski definition) is 2. The quantitative estimate of drug-likeness (QED) is 0.754. The van der Waals surface area contributed by atoms with Crippen LogP contribution >= 0.6 is 11.6 Å². The fourth-order valence-corrected chi connectivity index (χ4v) is 1.55. The summed E-state index contributed by atoms with van der Waals surface area (Å²) in [6.07, 6.45) is 0. The van der Waals surface area contributed by atoms with Crippen molar-refractivity contribution in [2.45, 2.75) is 19.8 Å². The van der Waals surface area contributed by atoms with E-state index in [0.29, 0.717) is 10.8 Å². The molecular formula is C11H13ClO2. The van der Waals surface area contributed by atoms with Gasteiger partial charge in [0, 0.05) is 5.02 Å². The van der Waals surface area contributed by atoms with Crippen LogP contribution in [0.3, 0.4) is 0 Å². The second-order valence-corrected chi connectivity index (χ2v) is 3.78. The van der Waals surface area contributed by atoms with E-state index in [1.165, 1.54) is 13.2 Å². The van der Waals surface area contributed by atoms with Crippen molar-refractivity contribution in [1.82, 2.24) is 0 Å². The highest BCUT2D eigenvalue weighted by Crippen LogP contribution is 2.24. The van der Waals surface area contributed by atoms with Crippen molar-refractivity contribution in [2.75, 3.05) is 7.11 Å². The molecular weight excluding hydrogens is 200 g/mol. The molecule has 2 nitrogen and oxygen atoms in total. The molecule has 3 heteroatoms. The summed E-state index contributed by atoms with van der Waals surface area (Å²) in [6.45, 7) is 4.04. The summed E-state index contributed by atoms with van der Waals surface area (Å²) >= 11 is 6.01. The smallest absolute Gasteiger partial charge is 0.220 e. The van der Waals surface area contributed by atoms with Crippen molar-refractivity contribution >= 4 is 11.6 Å². The van der Waals surface area contributed by atoms with E-state index in [1.807, 2.05) is 13.8 Å². The molecule has 1 aromatic carbocycles. The maximum absolute atomic E-state index is 11.4. The van der Waals surface area contributed by atoms with Crippen molar-refractivity contribution in [3.8, 4) is 5.75 Å². The third-order valence-corrected chi connectivity index (χ3v) is 2.37. The highest BCUT2D eigenvalue weighted by molar-refractivity contribution is 6.31. The summed E-state index contributed by atoms with van der Waals surface area (Å²) in [5.74, 6) is 0.601. The molecule has 0 N–H and O–H groups in total. The van der Waals surface area contributed by atoms with Crippen molar-refractivity contribution in [2.24, 2.45) is 0 Å². The van der Waals surface area contributed by atoms with Crippen LogP contribution in [0.25, 0.3) is 0 Å². The third kappa shape index (κ3) is 2.26. The molecule has 1 aromatic rings. The molecule has 0 spiro atoms. The zero-order valence-corrected chi connectivity index (χ0v) is 9.26. The first kappa shape index (κ1) is 11.1. The van der Waals surface area contributed by atoms with Gasteiger partial charge in [0.25, 0.3) is 0 Å². The first-order valence-electron chi connectivity index (χ1n) is 4.44. The summed E-state index contributed by atoms with van der Waals surface area (Å²) in [6, 6.07) is 4.74. The van der Waals surface area contributed by atoms with Crippen LogP contribution < -0.4 is 10.2 Å². The lowest BCUT2D eigenvalue weighted by Gasteiger charge is -2.04. The molecule has 0 heterocycles. The predicted octanol–water partition coefficient (Wildman–Crippen LogP) is 2.83. The Hall–Kier alpha value is -1.02. The monoisotopic (exact) mass is 212 g/mol. The van der Waals surface area contributed by atoms with Crippen molar-refractivity contribution in [3.05, 3.63) is 39.0 Å². The van der Waals surface area contributed by atoms with Gasteiger partial charge >= 0.3 is 0 Å². The van der Waals surface area contributed by atoms with Crippen LogP contribution in [0.15, 0.2) is 23.0 Å². The van der Waals surface area contributed by atoms with E-state index in [2.05, 4.69) is 0 Å². The third-order valence-electron chi connectivity index (χ3n) is 2.03. The molecule has 0 fully saturated rings. The Morgan fingerprint density at radius 1 is 1.36 bits per heavy atom. The van der Waals surface area contributed by atoms with E-state index in [1.54, 1.807) is 12.1 Å². The van der Waals surface area contributed by atoms with Crippen molar-refractivity contribution < 1.29 is 4.74 Å². The summed E-state index contributed by atoms with van der Waals surface area (Å²) in [7, 11) is 1.48. The van der Waals surface area contributed by atoms with Gasteiger partial charge in [-0.2, -0.15) is 0 Å². The lowest BCUT2D eigenvalue weighted by atomic mass is 10.1. The maximum atomic E-state index is 11.4.